The van der Waals surface area contributed by atoms with Gasteiger partial charge in [-0.05, 0) is 66.4 Å². The smallest absolute Gasteiger partial charge is 0.255 e. The Kier molecular flexibility index (Phi) is 5.12. The monoisotopic (exact) mass is 404 g/mol. The van der Waals surface area contributed by atoms with Crippen LogP contribution in [0.2, 0.25) is 5.02 Å². The summed E-state index contributed by atoms with van der Waals surface area (Å²) in [7, 11) is 0. The van der Waals surface area contributed by atoms with Crippen LogP contribution >= 0.6 is 11.6 Å². The number of hydrogen-bond acceptors (Lipinski definition) is 3. The first-order valence-corrected chi connectivity index (χ1v) is 9.87. The maximum absolute atomic E-state index is 12.6. The normalized spacial score (nSPS) is 11.2. The second-order valence-corrected chi connectivity index (χ2v) is 7.80. The minimum atomic E-state index is -0.159. The molecule has 0 bridgehead atoms. The highest BCUT2D eigenvalue weighted by atomic mass is 35.5. The fraction of sp³-hybridized carbons (Fsp3) is 0.167. The van der Waals surface area contributed by atoms with E-state index in [1.165, 1.54) is 5.56 Å². The SMILES string of the molecule is Cc1ccc(-c2nc3cc(NC(=O)c4ccc(C(C)C)cc4)ccc3o2)cc1Cl. The third-order valence-electron chi connectivity index (χ3n) is 4.90. The molecule has 4 rings (SSSR count). The molecule has 1 amide bonds. The van der Waals surface area contributed by atoms with Crippen LogP contribution < -0.4 is 5.32 Å². The van der Waals surface area contributed by atoms with Crippen molar-refractivity contribution in [3.05, 3.63) is 82.4 Å². The van der Waals surface area contributed by atoms with Gasteiger partial charge in [0.15, 0.2) is 5.58 Å². The zero-order chi connectivity index (χ0) is 20.5. The van der Waals surface area contributed by atoms with Crippen molar-refractivity contribution in [2.45, 2.75) is 26.7 Å². The number of benzene rings is 3. The van der Waals surface area contributed by atoms with E-state index in [1.54, 1.807) is 18.2 Å². The van der Waals surface area contributed by atoms with Crippen molar-refractivity contribution in [2.75, 3.05) is 5.32 Å². The summed E-state index contributed by atoms with van der Waals surface area (Å²) in [5, 5.41) is 3.59. The number of rotatable bonds is 4. The van der Waals surface area contributed by atoms with Crippen molar-refractivity contribution in [1.29, 1.82) is 0 Å². The Hall–Kier alpha value is -3.11. The lowest BCUT2D eigenvalue weighted by Gasteiger charge is -2.08. The Morgan fingerprint density at radius 1 is 1.03 bits per heavy atom. The number of anilines is 1. The molecule has 29 heavy (non-hydrogen) atoms. The highest BCUT2D eigenvalue weighted by molar-refractivity contribution is 6.31. The molecular weight excluding hydrogens is 384 g/mol. The number of aryl methyl sites for hydroxylation is 1. The van der Waals surface area contributed by atoms with Gasteiger partial charge in [0.05, 0.1) is 0 Å². The van der Waals surface area contributed by atoms with Crippen molar-refractivity contribution in [3.8, 4) is 11.5 Å². The minimum Gasteiger partial charge on any atom is -0.436 e. The molecular formula is C24H21ClN2O2. The zero-order valence-electron chi connectivity index (χ0n) is 16.5. The number of aromatic nitrogens is 1. The molecule has 146 valence electrons. The summed E-state index contributed by atoms with van der Waals surface area (Å²) in [4.78, 5) is 17.1. The van der Waals surface area contributed by atoms with Crippen molar-refractivity contribution < 1.29 is 9.21 Å². The lowest BCUT2D eigenvalue weighted by Crippen LogP contribution is -2.11. The van der Waals surface area contributed by atoms with Gasteiger partial charge in [0.2, 0.25) is 5.89 Å². The lowest BCUT2D eigenvalue weighted by atomic mass is 10.0. The molecule has 0 saturated carbocycles. The number of halogens is 1. The molecule has 0 unspecified atom stereocenters. The summed E-state index contributed by atoms with van der Waals surface area (Å²) in [6, 6.07) is 18.8. The Balaban J connectivity index is 1.57. The predicted octanol–water partition coefficient (Wildman–Crippen LogP) is 6.83. The topological polar surface area (TPSA) is 55.1 Å². The highest BCUT2D eigenvalue weighted by Gasteiger charge is 2.12. The molecule has 4 nitrogen and oxygen atoms in total. The molecule has 0 saturated heterocycles. The van der Waals surface area contributed by atoms with Gasteiger partial charge in [0.1, 0.15) is 5.52 Å². The van der Waals surface area contributed by atoms with E-state index in [-0.39, 0.29) is 5.91 Å². The van der Waals surface area contributed by atoms with Crippen LogP contribution in [0.3, 0.4) is 0 Å². The van der Waals surface area contributed by atoms with Crippen molar-refractivity contribution in [1.82, 2.24) is 4.98 Å². The molecule has 5 heteroatoms. The summed E-state index contributed by atoms with van der Waals surface area (Å²) in [5.41, 5.74) is 5.61. The number of fused-ring (bicyclic) bond motifs is 1. The van der Waals surface area contributed by atoms with E-state index < -0.39 is 0 Å². The average molecular weight is 405 g/mol. The lowest BCUT2D eigenvalue weighted by molar-refractivity contribution is 0.102. The Labute approximate surface area is 174 Å². The summed E-state index contributed by atoms with van der Waals surface area (Å²) in [5.74, 6) is 0.766. The van der Waals surface area contributed by atoms with E-state index >= 15 is 0 Å². The van der Waals surface area contributed by atoms with Gasteiger partial charge < -0.3 is 9.73 Å². The van der Waals surface area contributed by atoms with E-state index in [9.17, 15) is 4.79 Å². The number of nitrogens with one attached hydrogen (secondary N) is 1. The first-order valence-electron chi connectivity index (χ1n) is 9.49. The minimum absolute atomic E-state index is 0.159. The molecule has 0 atom stereocenters. The van der Waals surface area contributed by atoms with Gasteiger partial charge in [-0.2, -0.15) is 0 Å². The summed E-state index contributed by atoms with van der Waals surface area (Å²) in [6.07, 6.45) is 0. The maximum atomic E-state index is 12.6. The maximum Gasteiger partial charge on any atom is 0.255 e. The zero-order valence-corrected chi connectivity index (χ0v) is 17.2. The van der Waals surface area contributed by atoms with Gasteiger partial charge in [-0.15, -0.1) is 0 Å². The summed E-state index contributed by atoms with van der Waals surface area (Å²) >= 11 is 6.21. The third kappa shape index (κ3) is 4.03. The molecule has 1 N–H and O–H groups in total. The van der Waals surface area contributed by atoms with Gasteiger partial charge in [0, 0.05) is 21.8 Å². The quantitative estimate of drug-likeness (QED) is 0.405. The number of hydrogen-bond donors (Lipinski definition) is 1. The van der Waals surface area contributed by atoms with Crippen LogP contribution in [0.15, 0.2) is 65.1 Å². The van der Waals surface area contributed by atoms with Gasteiger partial charge in [-0.3, -0.25) is 4.79 Å². The Morgan fingerprint density at radius 2 is 1.79 bits per heavy atom. The molecule has 1 heterocycles. The fourth-order valence-corrected chi connectivity index (χ4v) is 3.26. The molecule has 4 aromatic rings. The molecule has 0 fully saturated rings. The van der Waals surface area contributed by atoms with Crippen LogP contribution in [0.5, 0.6) is 0 Å². The van der Waals surface area contributed by atoms with E-state index in [2.05, 4.69) is 24.1 Å². The number of carbonyl (C=O) groups excluding carboxylic acids is 1. The Morgan fingerprint density at radius 3 is 2.48 bits per heavy atom. The van der Waals surface area contributed by atoms with E-state index in [0.717, 1.165) is 11.1 Å². The fourth-order valence-electron chi connectivity index (χ4n) is 3.08. The number of oxazole rings is 1. The van der Waals surface area contributed by atoms with Crippen LogP contribution in [0.4, 0.5) is 5.69 Å². The van der Waals surface area contributed by atoms with Gasteiger partial charge in [-0.25, -0.2) is 4.98 Å². The van der Waals surface area contributed by atoms with Gasteiger partial charge in [-0.1, -0.05) is 43.6 Å². The van der Waals surface area contributed by atoms with Gasteiger partial charge in [0.25, 0.3) is 5.91 Å². The molecule has 0 spiro atoms. The van der Waals surface area contributed by atoms with Gasteiger partial charge >= 0.3 is 0 Å². The van der Waals surface area contributed by atoms with Crippen LogP contribution in [-0.2, 0) is 0 Å². The van der Waals surface area contributed by atoms with Crippen molar-refractivity contribution in [3.63, 3.8) is 0 Å². The van der Waals surface area contributed by atoms with Crippen LogP contribution in [0, 0.1) is 6.92 Å². The standard InChI is InChI=1S/C24H21ClN2O2/c1-14(2)16-6-8-17(9-7-16)23(28)26-19-10-11-22-21(13-19)27-24(29-22)18-5-4-15(3)20(25)12-18/h4-14H,1-3H3,(H,26,28). The average Bonchev–Trinajstić information content (AvgIpc) is 3.13. The summed E-state index contributed by atoms with van der Waals surface area (Å²) in [6.45, 7) is 6.20. The first-order chi connectivity index (χ1) is 13.9. The Bertz CT molecular complexity index is 1190. The van der Waals surface area contributed by atoms with Crippen LogP contribution in [0.1, 0.15) is 41.3 Å². The number of amides is 1. The summed E-state index contributed by atoms with van der Waals surface area (Å²) < 4.78 is 5.85. The number of nitrogens with zero attached hydrogens (tertiary/aromatic N) is 1. The second-order valence-electron chi connectivity index (χ2n) is 7.40. The van der Waals surface area contributed by atoms with Crippen LogP contribution in [-0.4, -0.2) is 10.9 Å². The van der Waals surface area contributed by atoms with Crippen molar-refractivity contribution in [2.24, 2.45) is 0 Å². The van der Waals surface area contributed by atoms with E-state index in [0.29, 0.717) is 39.2 Å². The van der Waals surface area contributed by atoms with E-state index in [1.807, 2.05) is 49.4 Å². The molecule has 3 aromatic carbocycles. The third-order valence-corrected chi connectivity index (χ3v) is 5.31. The molecule has 1 aromatic heterocycles. The predicted molar refractivity (Wildman–Crippen MR) is 118 cm³/mol. The highest BCUT2D eigenvalue weighted by Crippen LogP contribution is 2.29. The molecule has 0 aliphatic rings. The second kappa shape index (κ2) is 7.72. The number of carbonyl (C=O) groups is 1. The molecule has 0 aliphatic heterocycles. The largest absolute Gasteiger partial charge is 0.436 e. The first kappa shape index (κ1) is 19.2. The van der Waals surface area contributed by atoms with Crippen molar-refractivity contribution >= 4 is 34.3 Å². The van der Waals surface area contributed by atoms with E-state index in [4.69, 9.17) is 16.0 Å². The molecule has 0 aliphatic carbocycles. The van der Waals surface area contributed by atoms with Crippen LogP contribution in [0.25, 0.3) is 22.6 Å². The molecule has 0 radical (unpaired) electrons.